The van der Waals surface area contributed by atoms with Crippen molar-refractivity contribution in [2.24, 2.45) is 0 Å². The molecule has 2 unspecified atom stereocenters. The van der Waals surface area contributed by atoms with Crippen LogP contribution in [0.4, 0.5) is 0 Å². The highest BCUT2D eigenvalue weighted by atomic mass is 32.2. The molecule has 1 rings (SSSR count). The lowest BCUT2D eigenvalue weighted by atomic mass is 10.1. The molecule has 0 aliphatic rings. The van der Waals surface area contributed by atoms with Crippen molar-refractivity contribution in [1.82, 2.24) is 5.32 Å². The van der Waals surface area contributed by atoms with E-state index in [1.165, 1.54) is 0 Å². The third-order valence-electron chi connectivity index (χ3n) is 2.35. The minimum atomic E-state index is -0.730. The smallest absolute Gasteiger partial charge is 0.0914 e. The van der Waals surface area contributed by atoms with Gasteiger partial charge in [0.1, 0.15) is 0 Å². The van der Waals surface area contributed by atoms with Gasteiger partial charge in [-0.05, 0) is 5.56 Å². The summed E-state index contributed by atoms with van der Waals surface area (Å²) in [7, 11) is -0.730. The van der Waals surface area contributed by atoms with Crippen molar-refractivity contribution >= 4 is 10.8 Å². The predicted octanol–water partition coefficient (Wildman–Crippen LogP) is 1.08. The fraction of sp³-hybridized carbons (Fsp3) is 0.500. The Morgan fingerprint density at radius 2 is 2.06 bits per heavy atom. The molecule has 0 heterocycles. The molecule has 0 aliphatic carbocycles. The molecule has 2 N–H and O–H groups in total. The molecule has 16 heavy (non-hydrogen) atoms. The summed E-state index contributed by atoms with van der Waals surface area (Å²) < 4.78 is 11.1. The van der Waals surface area contributed by atoms with Crippen LogP contribution in [0.2, 0.25) is 0 Å². The van der Waals surface area contributed by atoms with E-state index >= 15 is 0 Å². The van der Waals surface area contributed by atoms with E-state index in [4.69, 9.17) is 0 Å². The molecule has 3 nitrogen and oxygen atoms in total. The van der Waals surface area contributed by atoms with Gasteiger partial charge in [0.2, 0.25) is 0 Å². The van der Waals surface area contributed by atoms with Crippen molar-refractivity contribution in [1.29, 1.82) is 0 Å². The van der Waals surface area contributed by atoms with Gasteiger partial charge < -0.3 is 10.4 Å². The highest BCUT2D eigenvalue weighted by Crippen LogP contribution is 2.10. The molecule has 0 bridgehead atoms. The number of benzene rings is 1. The van der Waals surface area contributed by atoms with E-state index in [2.05, 4.69) is 5.32 Å². The van der Waals surface area contributed by atoms with Gasteiger partial charge >= 0.3 is 0 Å². The van der Waals surface area contributed by atoms with Crippen LogP contribution in [0, 0.1) is 0 Å². The average molecular weight is 241 g/mol. The van der Waals surface area contributed by atoms with E-state index in [1.807, 2.05) is 37.3 Å². The maximum atomic E-state index is 11.1. The van der Waals surface area contributed by atoms with E-state index in [-0.39, 0.29) is 0 Å². The molecule has 0 aliphatic heterocycles. The molecule has 0 fully saturated rings. The second kappa shape index (κ2) is 7.54. The first-order valence-electron chi connectivity index (χ1n) is 5.52. The molecule has 90 valence electrons. The molecule has 0 amide bonds. The van der Waals surface area contributed by atoms with Crippen LogP contribution in [-0.4, -0.2) is 33.9 Å². The number of hydrogen-bond acceptors (Lipinski definition) is 3. The highest BCUT2D eigenvalue weighted by Gasteiger charge is 2.05. The van der Waals surface area contributed by atoms with Crippen LogP contribution in [0.5, 0.6) is 0 Å². The highest BCUT2D eigenvalue weighted by molar-refractivity contribution is 7.84. The van der Waals surface area contributed by atoms with Crippen LogP contribution in [0.25, 0.3) is 0 Å². The Labute approximate surface area is 99.3 Å². The zero-order valence-corrected chi connectivity index (χ0v) is 10.4. The predicted molar refractivity (Wildman–Crippen MR) is 67.8 cm³/mol. The molecule has 0 radical (unpaired) electrons. The monoisotopic (exact) mass is 241 g/mol. The normalized spacial score (nSPS) is 14.6. The zero-order chi connectivity index (χ0) is 11.8. The molecule has 0 saturated heterocycles. The Bertz CT molecular complexity index is 316. The summed E-state index contributed by atoms with van der Waals surface area (Å²) >= 11 is 0. The first kappa shape index (κ1) is 13.4. The fourth-order valence-corrected chi connectivity index (χ4v) is 2.02. The van der Waals surface area contributed by atoms with Crippen LogP contribution in [0.15, 0.2) is 30.3 Å². The fourth-order valence-electron chi connectivity index (χ4n) is 1.36. The summed E-state index contributed by atoms with van der Waals surface area (Å²) in [6.07, 6.45) is -0.490. The van der Waals surface area contributed by atoms with Gasteiger partial charge in [0.05, 0.1) is 6.10 Å². The van der Waals surface area contributed by atoms with E-state index < -0.39 is 16.9 Å². The van der Waals surface area contributed by atoms with E-state index in [0.29, 0.717) is 24.6 Å². The van der Waals surface area contributed by atoms with E-state index in [0.717, 1.165) is 5.56 Å². The van der Waals surface area contributed by atoms with Crippen molar-refractivity contribution in [2.75, 3.05) is 24.6 Å². The second-order valence-electron chi connectivity index (χ2n) is 3.56. The molecule has 4 heteroatoms. The Hall–Kier alpha value is -0.710. The van der Waals surface area contributed by atoms with E-state index in [1.54, 1.807) is 0 Å². The molecule has 0 spiro atoms. The molecule has 0 saturated carbocycles. The Balaban J connectivity index is 2.21. The summed E-state index contributed by atoms with van der Waals surface area (Å²) in [5, 5.41) is 12.9. The molecule has 2 atom stereocenters. The van der Waals surface area contributed by atoms with Crippen molar-refractivity contribution in [3.63, 3.8) is 0 Å². The van der Waals surface area contributed by atoms with Gasteiger partial charge in [-0.2, -0.15) is 0 Å². The SMILES string of the molecule is CCS(=O)CCNCC(O)c1ccccc1. The van der Waals surface area contributed by atoms with Crippen LogP contribution >= 0.6 is 0 Å². The summed E-state index contributed by atoms with van der Waals surface area (Å²) in [5.74, 6) is 1.35. The van der Waals surface area contributed by atoms with Gasteiger partial charge in [0, 0.05) is 35.4 Å². The van der Waals surface area contributed by atoms with Gasteiger partial charge in [-0.1, -0.05) is 37.3 Å². The first-order valence-corrected chi connectivity index (χ1v) is 7.01. The number of aliphatic hydroxyl groups is 1. The van der Waals surface area contributed by atoms with Gasteiger partial charge in [-0.3, -0.25) is 4.21 Å². The first-order chi connectivity index (χ1) is 7.74. The molecule has 1 aromatic carbocycles. The molecule has 1 aromatic rings. The quantitative estimate of drug-likeness (QED) is 0.702. The van der Waals surface area contributed by atoms with Crippen molar-refractivity contribution in [2.45, 2.75) is 13.0 Å². The van der Waals surface area contributed by atoms with Crippen molar-refractivity contribution < 1.29 is 9.32 Å². The topological polar surface area (TPSA) is 49.3 Å². The zero-order valence-electron chi connectivity index (χ0n) is 9.56. The third kappa shape index (κ3) is 4.88. The maximum absolute atomic E-state index is 11.1. The lowest BCUT2D eigenvalue weighted by Crippen LogP contribution is -2.26. The van der Waals surface area contributed by atoms with Gasteiger partial charge in [0.25, 0.3) is 0 Å². The Kier molecular flexibility index (Phi) is 6.30. The maximum Gasteiger partial charge on any atom is 0.0914 e. The Morgan fingerprint density at radius 1 is 1.38 bits per heavy atom. The minimum Gasteiger partial charge on any atom is -0.387 e. The van der Waals surface area contributed by atoms with Gasteiger partial charge in [-0.15, -0.1) is 0 Å². The Morgan fingerprint density at radius 3 is 2.69 bits per heavy atom. The summed E-state index contributed by atoms with van der Waals surface area (Å²) in [4.78, 5) is 0. The standard InChI is InChI=1S/C12H19NO2S/c1-2-16(15)9-8-13-10-12(14)11-6-4-3-5-7-11/h3-7,12-14H,2,8-10H2,1H3. The van der Waals surface area contributed by atoms with Crippen molar-refractivity contribution in [3.05, 3.63) is 35.9 Å². The largest absolute Gasteiger partial charge is 0.387 e. The van der Waals surface area contributed by atoms with Crippen LogP contribution in [-0.2, 0) is 10.8 Å². The van der Waals surface area contributed by atoms with Crippen LogP contribution in [0.3, 0.4) is 0 Å². The van der Waals surface area contributed by atoms with E-state index in [9.17, 15) is 9.32 Å². The summed E-state index contributed by atoms with van der Waals surface area (Å²) in [5.41, 5.74) is 0.909. The minimum absolute atomic E-state index is 0.490. The van der Waals surface area contributed by atoms with Crippen molar-refractivity contribution in [3.8, 4) is 0 Å². The lowest BCUT2D eigenvalue weighted by molar-refractivity contribution is 0.175. The average Bonchev–Trinajstić information content (AvgIpc) is 2.35. The van der Waals surface area contributed by atoms with Crippen LogP contribution < -0.4 is 5.32 Å². The molecule has 0 aromatic heterocycles. The third-order valence-corrected chi connectivity index (χ3v) is 3.65. The van der Waals surface area contributed by atoms with Gasteiger partial charge in [-0.25, -0.2) is 0 Å². The molecular formula is C12H19NO2S. The lowest BCUT2D eigenvalue weighted by Gasteiger charge is -2.11. The van der Waals surface area contributed by atoms with Gasteiger partial charge in [0.15, 0.2) is 0 Å². The number of rotatable bonds is 7. The molecular weight excluding hydrogens is 222 g/mol. The second-order valence-corrected chi connectivity index (χ2v) is 5.43. The number of hydrogen-bond donors (Lipinski definition) is 2. The summed E-state index contributed by atoms with van der Waals surface area (Å²) in [6, 6.07) is 9.54. The number of nitrogens with one attached hydrogen (secondary N) is 1. The number of aliphatic hydroxyl groups excluding tert-OH is 1. The van der Waals surface area contributed by atoms with Crippen LogP contribution in [0.1, 0.15) is 18.6 Å². The summed E-state index contributed by atoms with van der Waals surface area (Å²) in [6.45, 7) is 3.10.